The molecule has 0 radical (unpaired) electrons. The quantitative estimate of drug-likeness (QED) is 0.905. The summed E-state index contributed by atoms with van der Waals surface area (Å²) in [5, 5.41) is 12.2. The minimum atomic E-state index is 0.238. The first kappa shape index (κ1) is 16.0. The SMILES string of the molecule is CCC1c2nncn2-c2cnc(NC3CCCC3)nc2N1C1CCCC1. The lowest BCUT2D eigenvalue weighted by Crippen LogP contribution is -2.42. The van der Waals surface area contributed by atoms with Crippen LogP contribution in [0.4, 0.5) is 11.8 Å². The normalized spacial score (nSPS) is 23.3. The van der Waals surface area contributed by atoms with Crippen molar-refractivity contribution in [2.45, 2.75) is 82.8 Å². The van der Waals surface area contributed by atoms with Crippen LogP contribution in [0.1, 0.15) is 76.6 Å². The summed E-state index contributed by atoms with van der Waals surface area (Å²) < 4.78 is 2.08. The standard InChI is InChI=1S/C19H27N7/c1-2-15-18-24-21-12-25(18)16-11-20-19(22-13-7-3-4-8-13)23-17(16)26(15)14-9-5-6-10-14/h11-15H,2-10H2,1H3,(H,20,22,23). The summed E-state index contributed by atoms with van der Waals surface area (Å²) >= 11 is 0. The Morgan fingerprint density at radius 2 is 1.88 bits per heavy atom. The lowest BCUT2D eigenvalue weighted by molar-refractivity contribution is 0.469. The smallest absolute Gasteiger partial charge is 0.224 e. The van der Waals surface area contributed by atoms with Crippen molar-refractivity contribution in [1.29, 1.82) is 0 Å². The molecule has 2 saturated carbocycles. The van der Waals surface area contributed by atoms with Crippen molar-refractivity contribution in [2.75, 3.05) is 10.2 Å². The lowest BCUT2D eigenvalue weighted by atomic mass is 10.0. The number of aromatic nitrogens is 5. The van der Waals surface area contributed by atoms with Crippen molar-refractivity contribution < 1.29 is 0 Å². The van der Waals surface area contributed by atoms with Gasteiger partial charge in [-0.1, -0.05) is 32.6 Å². The maximum atomic E-state index is 5.01. The van der Waals surface area contributed by atoms with Crippen LogP contribution in [0.2, 0.25) is 0 Å². The van der Waals surface area contributed by atoms with Gasteiger partial charge in [-0.2, -0.15) is 4.98 Å². The number of anilines is 2. The van der Waals surface area contributed by atoms with Crippen molar-refractivity contribution in [1.82, 2.24) is 24.7 Å². The van der Waals surface area contributed by atoms with Crippen LogP contribution in [0.5, 0.6) is 0 Å². The molecule has 0 amide bonds. The topological polar surface area (TPSA) is 71.8 Å². The highest BCUT2D eigenvalue weighted by molar-refractivity contribution is 5.63. The average Bonchev–Trinajstić information content (AvgIpc) is 3.41. The molecule has 1 N–H and O–H groups in total. The molecule has 5 rings (SSSR count). The number of nitrogens with zero attached hydrogens (tertiary/aromatic N) is 6. The van der Waals surface area contributed by atoms with Crippen LogP contribution in [0.3, 0.4) is 0 Å². The third-order valence-corrected chi connectivity index (χ3v) is 6.26. The third kappa shape index (κ3) is 2.56. The molecule has 1 atom stereocenters. The van der Waals surface area contributed by atoms with Crippen molar-refractivity contribution in [3.05, 3.63) is 18.3 Å². The second kappa shape index (κ2) is 6.52. The molecular formula is C19H27N7. The van der Waals surface area contributed by atoms with E-state index >= 15 is 0 Å². The number of nitrogens with one attached hydrogen (secondary N) is 1. The van der Waals surface area contributed by atoms with Gasteiger partial charge in [0.2, 0.25) is 5.95 Å². The minimum Gasteiger partial charge on any atom is -0.351 e. The van der Waals surface area contributed by atoms with Crippen LogP contribution in [0.25, 0.3) is 5.69 Å². The van der Waals surface area contributed by atoms with Gasteiger partial charge in [0.05, 0.1) is 12.2 Å². The summed E-state index contributed by atoms with van der Waals surface area (Å²) in [6.45, 7) is 2.23. The van der Waals surface area contributed by atoms with Gasteiger partial charge in [0.15, 0.2) is 11.6 Å². The second-order valence-corrected chi connectivity index (χ2v) is 7.86. The number of hydrogen-bond acceptors (Lipinski definition) is 6. The molecule has 7 heteroatoms. The van der Waals surface area contributed by atoms with Gasteiger partial charge in [-0.15, -0.1) is 10.2 Å². The van der Waals surface area contributed by atoms with E-state index in [1.165, 1.54) is 51.4 Å². The monoisotopic (exact) mass is 353 g/mol. The van der Waals surface area contributed by atoms with E-state index in [9.17, 15) is 0 Å². The molecule has 0 saturated heterocycles. The number of fused-ring (bicyclic) bond motifs is 3. The zero-order chi connectivity index (χ0) is 17.5. The first-order valence-corrected chi connectivity index (χ1v) is 10.2. The highest BCUT2D eigenvalue weighted by Gasteiger charge is 2.38. The van der Waals surface area contributed by atoms with Crippen LogP contribution in [-0.2, 0) is 0 Å². The molecule has 2 aromatic heterocycles. The Bertz CT molecular complexity index is 774. The van der Waals surface area contributed by atoms with Crippen molar-refractivity contribution in [3.8, 4) is 5.69 Å². The third-order valence-electron chi connectivity index (χ3n) is 6.26. The molecule has 1 aliphatic heterocycles. The summed E-state index contributed by atoms with van der Waals surface area (Å²) in [5.74, 6) is 2.84. The van der Waals surface area contributed by atoms with Crippen LogP contribution in [0, 0.1) is 0 Å². The van der Waals surface area contributed by atoms with E-state index in [-0.39, 0.29) is 6.04 Å². The van der Waals surface area contributed by atoms with Crippen LogP contribution in [-0.4, -0.2) is 36.8 Å². The zero-order valence-electron chi connectivity index (χ0n) is 15.4. The van der Waals surface area contributed by atoms with Gasteiger partial charge in [-0.05, 0) is 32.1 Å². The molecule has 7 nitrogen and oxygen atoms in total. The van der Waals surface area contributed by atoms with Gasteiger partial charge in [0.25, 0.3) is 0 Å². The molecule has 26 heavy (non-hydrogen) atoms. The van der Waals surface area contributed by atoms with Crippen LogP contribution in [0.15, 0.2) is 12.5 Å². The van der Waals surface area contributed by atoms with Crippen molar-refractivity contribution >= 4 is 11.8 Å². The molecule has 138 valence electrons. The molecule has 3 heterocycles. The summed E-state index contributed by atoms with van der Waals surface area (Å²) in [5.41, 5.74) is 1.01. The molecule has 0 aromatic carbocycles. The summed E-state index contributed by atoms with van der Waals surface area (Å²) in [6.07, 6.45) is 14.9. The average molecular weight is 353 g/mol. The lowest BCUT2D eigenvalue weighted by Gasteiger charge is -2.40. The molecule has 0 spiro atoms. The van der Waals surface area contributed by atoms with E-state index in [1.54, 1.807) is 6.33 Å². The van der Waals surface area contributed by atoms with E-state index in [4.69, 9.17) is 4.98 Å². The first-order chi connectivity index (χ1) is 12.8. The number of rotatable bonds is 4. The van der Waals surface area contributed by atoms with E-state index in [2.05, 4.69) is 36.9 Å². The van der Waals surface area contributed by atoms with Gasteiger partial charge in [0.1, 0.15) is 12.0 Å². The van der Waals surface area contributed by atoms with Gasteiger partial charge in [-0.3, -0.25) is 4.57 Å². The highest BCUT2D eigenvalue weighted by Crippen LogP contribution is 2.42. The van der Waals surface area contributed by atoms with Gasteiger partial charge in [-0.25, -0.2) is 4.98 Å². The Balaban J connectivity index is 1.57. The Hall–Kier alpha value is -2.18. The molecule has 1 unspecified atom stereocenters. The van der Waals surface area contributed by atoms with E-state index < -0.39 is 0 Å². The largest absolute Gasteiger partial charge is 0.351 e. The first-order valence-electron chi connectivity index (χ1n) is 10.2. The van der Waals surface area contributed by atoms with E-state index in [0.29, 0.717) is 12.1 Å². The van der Waals surface area contributed by atoms with Crippen molar-refractivity contribution in [2.24, 2.45) is 0 Å². The summed E-state index contributed by atoms with van der Waals surface area (Å²) in [7, 11) is 0. The van der Waals surface area contributed by atoms with E-state index in [0.717, 1.165) is 29.7 Å². The van der Waals surface area contributed by atoms with Crippen molar-refractivity contribution in [3.63, 3.8) is 0 Å². The fourth-order valence-corrected chi connectivity index (χ4v) is 4.97. The number of hydrogen-bond donors (Lipinski definition) is 1. The maximum Gasteiger partial charge on any atom is 0.224 e. The summed E-state index contributed by atoms with van der Waals surface area (Å²) in [6, 6.07) is 1.30. The maximum absolute atomic E-state index is 5.01. The van der Waals surface area contributed by atoms with Gasteiger partial charge in [0, 0.05) is 12.1 Å². The fraction of sp³-hybridized carbons (Fsp3) is 0.684. The fourth-order valence-electron chi connectivity index (χ4n) is 4.97. The van der Waals surface area contributed by atoms with Crippen LogP contribution >= 0.6 is 0 Å². The minimum absolute atomic E-state index is 0.238. The Morgan fingerprint density at radius 1 is 1.12 bits per heavy atom. The predicted octanol–water partition coefficient (Wildman–Crippen LogP) is 3.63. The Kier molecular flexibility index (Phi) is 4.02. The summed E-state index contributed by atoms with van der Waals surface area (Å²) in [4.78, 5) is 12.1. The predicted molar refractivity (Wildman–Crippen MR) is 101 cm³/mol. The van der Waals surface area contributed by atoms with Gasteiger partial charge >= 0.3 is 0 Å². The van der Waals surface area contributed by atoms with E-state index in [1.807, 2.05) is 6.20 Å². The molecule has 2 aliphatic carbocycles. The molecule has 2 aromatic rings. The molecule has 3 aliphatic rings. The Labute approximate surface area is 154 Å². The van der Waals surface area contributed by atoms with Crippen LogP contribution < -0.4 is 10.2 Å². The van der Waals surface area contributed by atoms with Gasteiger partial charge < -0.3 is 10.2 Å². The Morgan fingerprint density at radius 3 is 2.65 bits per heavy atom. The zero-order valence-corrected chi connectivity index (χ0v) is 15.4. The molecule has 0 bridgehead atoms. The molecular weight excluding hydrogens is 326 g/mol. The molecule has 2 fully saturated rings. The highest BCUT2D eigenvalue weighted by atomic mass is 15.4. The second-order valence-electron chi connectivity index (χ2n) is 7.86.